The number of nitro benzene ring substituents is 1. The second-order valence-electron chi connectivity index (χ2n) is 3.58. The highest BCUT2D eigenvalue weighted by Gasteiger charge is 2.22. The summed E-state index contributed by atoms with van der Waals surface area (Å²) in [6.07, 6.45) is 0. The smallest absolute Gasteiger partial charge is 0.258 e. The van der Waals surface area contributed by atoms with Gasteiger partial charge in [-0.3, -0.25) is 10.1 Å². The van der Waals surface area contributed by atoms with E-state index in [1.807, 2.05) is 4.72 Å². The average molecular weight is 319 g/mol. The molecule has 0 radical (unpaired) electrons. The number of hydrogen-bond donors (Lipinski definition) is 1. The van der Waals surface area contributed by atoms with Gasteiger partial charge in [-0.05, 0) is 17.3 Å². The van der Waals surface area contributed by atoms with Gasteiger partial charge in [-0.25, -0.2) is 13.1 Å². The first kappa shape index (κ1) is 14.1. The molecule has 12 heteroatoms. The van der Waals surface area contributed by atoms with E-state index < -0.39 is 20.6 Å². The number of anilines is 1. The molecule has 0 saturated carbocycles. The number of halogens is 1. The van der Waals surface area contributed by atoms with Crippen LogP contribution in [0.2, 0.25) is 5.02 Å². The number of rotatable bonds is 4. The SMILES string of the molecule is Cn1nnc(NS(=O)(=O)c2ccc(Cl)c([N+](=O)[O-])c2)n1. The Labute approximate surface area is 117 Å². The molecule has 1 N–H and O–H groups in total. The van der Waals surface area contributed by atoms with Gasteiger partial charge >= 0.3 is 0 Å². The third kappa shape index (κ3) is 2.83. The minimum absolute atomic E-state index is 0.161. The Kier molecular flexibility index (Phi) is 3.55. The lowest BCUT2D eigenvalue weighted by molar-refractivity contribution is -0.384. The minimum atomic E-state index is -4.06. The van der Waals surface area contributed by atoms with Crippen molar-refractivity contribution in [2.24, 2.45) is 7.05 Å². The van der Waals surface area contributed by atoms with Gasteiger partial charge in [0.15, 0.2) is 0 Å². The fraction of sp³-hybridized carbons (Fsp3) is 0.125. The van der Waals surface area contributed by atoms with E-state index in [1.165, 1.54) is 7.05 Å². The van der Waals surface area contributed by atoms with E-state index in [1.54, 1.807) is 0 Å². The molecule has 1 aromatic carbocycles. The molecule has 0 spiro atoms. The lowest BCUT2D eigenvalue weighted by Gasteiger charge is -2.04. The van der Waals surface area contributed by atoms with E-state index in [0.29, 0.717) is 0 Å². The standard InChI is InChI=1S/C8H7ClN6O4S/c1-14-11-8(10-13-14)12-20(18,19)5-2-3-6(9)7(4-5)15(16)17/h2-4H,1H3,(H,11,12). The van der Waals surface area contributed by atoms with E-state index in [9.17, 15) is 18.5 Å². The van der Waals surface area contributed by atoms with E-state index in [0.717, 1.165) is 23.0 Å². The van der Waals surface area contributed by atoms with Crippen molar-refractivity contribution in [3.05, 3.63) is 33.3 Å². The number of aryl methyl sites for hydroxylation is 1. The molecule has 10 nitrogen and oxygen atoms in total. The third-order valence-electron chi connectivity index (χ3n) is 2.16. The Morgan fingerprint density at radius 3 is 2.70 bits per heavy atom. The number of tetrazole rings is 1. The summed E-state index contributed by atoms with van der Waals surface area (Å²) < 4.78 is 26.0. The molecule has 1 heterocycles. The van der Waals surface area contributed by atoms with Crippen molar-refractivity contribution in [1.29, 1.82) is 0 Å². The first-order chi connectivity index (χ1) is 9.29. The van der Waals surface area contributed by atoms with Crippen molar-refractivity contribution in [3.8, 4) is 0 Å². The first-order valence-electron chi connectivity index (χ1n) is 5.00. The largest absolute Gasteiger partial charge is 0.289 e. The van der Waals surface area contributed by atoms with Crippen LogP contribution in [0.4, 0.5) is 11.6 Å². The van der Waals surface area contributed by atoms with Crippen LogP contribution in [0.1, 0.15) is 0 Å². The summed E-state index contributed by atoms with van der Waals surface area (Å²) in [5.74, 6) is -0.245. The number of hydrogen-bond acceptors (Lipinski definition) is 7. The molecule has 0 fully saturated rings. The van der Waals surface area contributed by atoms with Gasteiger partial charge in [-0.15, -0.1) is 5.10 Å². The van der Waals surface area contributed by atoms with Gasteiger partial charge in [0, 0.05) is 6.07 Å². The summed E-state index contributed by atoms with van der Waals surface area (Å²) in [5.41, 5.74) is -0.512. The van der Waals surface area contributed by atoms with Crippen LogP contribution in [-0.2, 0) is 17.1 Å². The lowest BCUT2D eigenvalue weighted by Crippen LogP contribution is -2.14. The van der Waals surface area contributed by atoms with Crippen LogP contribution >= 0.6 is 11.6 Å². The molecule has 1 aromatic heterocycles. The number of aromatic nitrogens is 4. The zero-order valence-corrected chi connectivity index (χ0v) is 11.5. The van der Waals surface area contributed by atoms with Gasteiger partial charge in [0.05, 0.1) is 16.9 Å². The highest BCUT2D eigenvalue weighted by Crippen LogP contribution is 2.27. The van der Waals surface area contributed by atoms with Crippen molar-refractivity contribution in [1.82, 2.24) is 20.2 Å². The molecule has 106 valence electrons. The van der Waals surface area contributed by atoms with Crippen molar-refractivity contribution < 1.29 is 13.3 Å². The Balaban J connectivity index is 2.39. The molecule has 0 atom stereocenters. The van der Waals surface area contributed by atoms with Gasteiger partial charge in [-0.2, -0.15) is 4.80 Å². The first-order valence-corrected chi connectivity index (χ1v) is 6.86. The molecule has 2 aromatic rings. The second kappa shape index (κ2) is 5.02. The second-order valence-corrected chi connectivity index (χ2v) is 5.67. The predicted molar refractivity (Wildman–Crippen MR) is 67.7 cm³/mol. The summed E-state index contributed by atoms with van der Waals surface area (Å²) in [7, 11) is -2.61. The molecule has 20 heavy (non-hydrogen) atoms. The predicted octanol–water partition coefficient (Wildman–Crippen LogP) is 0.572. The van der Waals surface area contributed by atoms with Crippen LogP contribution < -0.4 is 4.72 Å². The molecule has 2 rings (SSSR count). The topological polar surface area (TPSA) is 133 Å². The van der Waals surface area contributed by atoms with E-state index in [-0.39, 0.29) is 15.9 Å². The Morgan fingerprint density at radius 2 is 2.15 bits per heavy atom. The summed E-state index contributed by atoms with van der Waals surface area (Å²) in [6.45, 7) is 0. The molecule has 0 aliphatic heterocycles. The molecular weight excluding hydrogens is 312 g/mol. The minimum Gasteiger partial charge on any atom is -0.258 e. The zero-order valence-electron chi connectivity index (χ0n) is 9.89. The van der Waals surface area contributed by atoms with Crippen molar-refractivity contribution >= 4 is 33.3 Å². The van der Waals surface area contributed by atoms with Crippen LogP contribution in [0.3, 0.4) is 0 Å². The molecule has 0 amide bonds. The monoisotopic (exact) mass is 318 g/mol. The van der Waals surface area contributed by atoms with Crippen LogP contribution in [0.25, 0.3) is 0 Å². The third-order valence-corrected chi connectivity index (χ3v) is 3.80. The Bertz CT molecular complexity index is 773. The molecule has 0 aliphatic rings. The summed E-state index contributed by atoms with van der Waals surface area (Å²) in [5, 5.41) is 21.1. The maximum Gasteiger partial charge on any atom is 0.289 e. The number of benzene rings is 1. The number of nitrogens with zero attached hydrogens (tertiary/aromatic N) is 5. The fourth-order valence-corrected chi connectivity index (χ4v) is 2.44. The molecule has 0 unspecified atom stereocenters. The Morgan fingerprint density at radius 1 is 1.45 bits per heavy atom. The molecule has 0 saturated heterocycles. The van der Waals surface area contributed by atoms with E-state index in [2.05, 4.69) is 15.4 Å². The molecular formula is C8H7ClN6O4S. The van der Waals surface area contributed by atoms with Gasteiger partial charge in [0.25, 0.3) is 21.7 Å². The zero-order chi connectivity index (χ0) is 14.9. The van der Waals surface area contributed by atoms with Crippen molar-refractivity contribution in [3.63, 3.8) is 0 Å². The summed E-state index contributed by atoms with van der Waals surface area (Å²) in [6, 6.07) is 3.10. The number of nitrogens with one attached hydrogen (secondary N) is 1. The van der Waals surface area contributed by atoms with Crippen LogP contribution in [0.15, 0.2) is 23.1 Å². The maximum absolute atomic E-state index is 12.0. The summed E-state index contributed by atoms with van der Waals surface area (Å²) in [4.78, 5) is 10.7. The van der Waals surface area contributed by atoms with Gasteiger partial charge in [0.1, 0.15) is 5.02 Å². The lowest BCUT2D eigenvalue weighted by atomic mass is 10.3. The van der Waals surface area contributed by atoms with E-state index in [4.69, 9.17) is 11.6 Å². The number of sulfonamides is 1. The normalized spacial score (nSPS) is 11.3. The van der Waals surface area contributed by atoms with Gasteiger partial charge in [-0.1, -0.05) is 16.7 Å². The van der Waals surface area contributed by atoms with Crippen LogP contribution in [0.5, 0.6) is 0 Å². The summed E-state index contributed by atoms with van der Waals surface area (Å²) >= 11 is 5.61. The van der Waals surface area contributed by atoms with Crippen LogP contribution in [-0.4, -0.2) is 33.5 Å². The fourth-order valence-electron chi connectivity index (χ4n) is 1.30. The quantitative estimate of drug-likeness (QED) is 0.643. The highest BCUT2D eigenvalue weighted by molar-refractivity contribution is 7.92. The van der Waals surface area contributed by atoms with Gasteiger partial charge < -0.3 is 0 Å². The maximum atomic E-state index is 12.0. The van der Waals surface area contributed by atoms with Crippen LogP contribution in [0, 0.1) is 10.1 Å². The highest BCUT2D eigenvalue weighted by atomic mass is 35.5. The van der Waals surface area contributed by atoms with Gasteiger partial charge in [0.2, 0.25) is 0 Å². The molecule has 0 aliphatic carbocycles. The number of nitro groups is 1. The molecule has 0 bridgehead atoms. The average Bonchev–Trinajstić information content (AvgIpc) is 2.73. The van der Waals surface area contributed by atoms with Crippen molar-refractivity contribution in [2.75, 3.05) is 4.72 Å². The van der Waals surface area contributed by atoms with E-state index >= 15 is 0 Å². The Hall–Kier alpha value is -2.27. The van der Waals surface area contributed by atoms with Crippen molar-refractivity contribution in [2.45, 2.75) is 4.90 Å².